The monoisotopic (exact) mass is 553 g/mol. The van der Waals surface area contributed by atoms with Crippen LogP contribution in [0.4, 0.5) is 4.79 Å². The Hall–Kier alpha value is -2.47. The van der Waals surface area contributed by atoms with Gasteiger partial charge in [-0.3, -0.25) is 8.37 Å². The lowest BCUT2D eigenvalue weighted by Gasteiger charge is -2.44. The van der Waals surface area contributed by atoms with E-state index < -0.39 is 17.5 Å². The topological polar surface area (TPSA) is 120 Å². The number of halogens is 1. The molecule has 0 bridgehead atoms. The second-order valence-corrected chi connectivity index (χ2v) is 11.7. The van der Waals surface area contributed by atoms with Crippen LogP contribution in [-0.2, 0) is 26.1 Å². The maximum absolute atomic E-state index is 11.7. The number of rotatable bonds is 6. The Morgan fingerprint density at radius 2 is 1.95 bits per heavy atom. The van der Waals surface area contributed by atoms with Gasteiger partial charge in [0.25, 0.3) is 0 Å². The molecule has 1 aromatic carbocycles. The van der Waals surface area contributed by atoms with Gasteiger partial charge >= 0.3 is 17.5 Å². The van der Waals surface area contributed by atoms with Gasteiger partial charge in [-0.05, 0) is 36.5 Å². The van der Waals surface area contributed by atoms with Crippen molar-refractivity contribution < 1.29 is 31.9 Å². The lowest BCUT2D eigenvalue weighted by atomic mass is 9.80. The second kappa shape index (κ2) is 11.5. The maximum atomic E-state index is 11.7. The molecule has 1 N–H and O–H groups in total. The van der Waals surface area contributed by atoms with E-state index in [0.29, 0.717) is 67.1 Å². The van der Waals surface area contributed by atoms with Crippen LogP contribution in [-0.4, -0.2) is 62.2 Å². The summed E-state index contributed by atoms with van der Waals surface area (Å²) in [5.74, 6) is 1.25. The minimum atomic E-state index is -1.66. The van der Waals surface area contributed by atoms with Crippen molar-refractivity contribution in [1.82, 2.24) is 14.9 Å². The number of aromatic nitrogens is 2. The number of likely N-dealkylation sites (tertiary alicyclic amines) is 1. The van der Waals surface area contributed by atoms with Gasteiger partial charge in [0, 0.05) is 31.3 Å². The molecule has 2 aliphatic heterocycles. The zero-order valence-corrected chi connectivity index (χ0v) is 22.9. The van der Waals surface area contributed by atoms with E-state index in [1.165, 1.54) is 11.2 Å². The fourth-order valence-corrected chi connectivity index (χ4v) is 5.50. The standard InChI is InChI=1S/C25H32ClN3O7S/c1-15-22(35-18-7-8-29(24(30)31)21(11-18)25(2,3)4)27-14-28-23(15)36-20-6-5-16(10-19(20)26)9-17-12-33-37(32)34-13-17/h5-6,10,14,17-18,21H,7-9,11-13H2,1-4H3,(H,30,31)/t17?,18-,21+,37?/m1/s1. The predicted molar refractivity (Wildman–Crippen MR) is 137 cm³/mol. The zero-order chi connectivity index (χ0) is 26.7. The Labute approximate surface area is 224 Å². The van der Waals surface area contributed by atoms with Crippen molar-refractivity contribution in [3.63, 3.8) is 0 Å². The van der Waals surface area contributed by atoms with Gasteiger partial charge in [-0.2, -0.15) is 4.21 Å². The first-order valence-corrected chi connectivity index (χ1v) is 13.5. The summed E-state index contributed by atoms with van der Waals surface area (Å²) in [6.07, 6.45) is 2.08. The maximum Gasteiger partial charge on any atom is 0.407 e. The lowest BCUT2D eigenvalue weighted by Crippen LogP contribution is -2.53. The number of piperidine rings is 1. The Kier molecular flexibility index (Phi) is 8.57. The van der Waals surface area contributed by atoms with Crippen LogP contribution in [0.25, 0.3) is 0 Å². The van der Waals surface area contributed by atoms with Crippen LogP contribution in [0.15, 0.2) is 24.5 Å². The molecule has 12 heteroatoms. The third kappa shape index (κ3) is 6.90. The highest BCUT2D eigenvalue weighted by Gasteiger charge is 2.39. The van der Waals surface area contributed by atoms with Crippen LogP contribution < -0.4 is 9.47 Å². The van der Waals surface area contributed by atoms with Gasteiger partial charge in [0.05, 0.1) is 23.8 Å². The molecule has 10 nitrogen and oxygen atoms in total. The molecule has 0 saturated carbocycles. The van der Waals surface area contributed by atoms with Gasteiger partial charge in [-0.15, -0.1) is 0 Å². The highest BCUT2D eigenvalue weighted by atomic mass is 35.5. The fourth-order valence-electron chi connectivity index (χ4n) is 4.58. The van der Waals surface area contributed by atoms with Crippen LogP contribution in [0.1, 0.15) is 44.7 Å². The summed E-state index contributed by atoms with van der Waals surface area (Å²) < 4.78 is 33.5. The summed E-state index contributed by atoms with van der Waals surface area (Å²) >= 11 is 4.84. The number of carboxylic acid groups (broad SMARTS) is 1. The first-order chi connectivity index (χ1) is 17.5. The van der Waals surface area contributed by atoms with Crippen LogP contribution >= 0.6 is 11.6 Å². The normalized spacial score (nSPS) is 24.5. The van der Waals surface area contributed by atoms with Crippen molar-refractivity contribution in [1.29, 1.82) is 0 Å². The minimum Gasteiger partial charge on any atom is -0.474 e. The molecule has 0 unspecified atom stereocenters. The minimum absolute atomic E-state index is 0.0876. The van der Waals surface area contributed by atoms with Gasteiger partial charge in [0.2, 0.25) is 11.8 Å². The average Bonchev–Trinajstić information content (AvgIpc) is 2.84. The molecule has 0 aliphatic carbocycles. The highest BCUT2D eigenvalue weighted by molar-refractivity contribution is 7.75. The molecular weight excluding hydrogens is 522 g/mol. The summed E-state index contributed by atoms with van der Waals surface area (Å²) in [6.45, 7) is 9.03. The molecule has 2 fully saturated rings. The lowest BCUT2D eigenvalue weighted by molar-refractivity contribution is 0.0113. The zero-order valence-electron chi connectivity index (χ0n) is 21.3. The van der Waals surface area contributed by atoms with E-state index in [2.05, 4.69) is 9.97 Å². The van der Waals surface area contributed by atoms with E-state index in [9.17, 15) is 14.1 Å². The van der Waals surface area contributed by atoms with E-state index in [0.717, 1.165) is 5.56 Å². The van der Waals surface area contributed by atoms with E-state index >= 15 is 0 Å². The highest BCUT2D eigenvalue weighted by Crippen LogP contribution is 2.36. The molecule has 0 radical (unpaired) electrons. The van der Waals surface area contributed by atoms with Crippen molar-refractivity contribution in [3.8, 4) is 17.5 Å². The number of nitrogens with zero attached hydrogens (tertiary/aromatic N) is 3. The molecule has 4 rings (SSSR count). The van der Waals surface area contributed by atoms with Gasteiger partial charge < -0.3 is 19.5 Å². The van der Waals surface area contributed by atoms with E-state index in [-0.39, 0.29) is 23.5 Å². The fraction of sp³-hybridized carbons (Fsp3) is 0.560. The molecule has 202 valence electrons. The third-order valence-electron chi connectivity index (χ3n) is 6.60. The molecule has 1 amide bonds. The van der Waals surface area contributed by atoms with Gasteiger partial charge in [0.1, 0.15) is 18.2 Å². The first kappa shape index (κ1) is 27.6. The Balaban J connectivity index is 1.43. The summed E-state index contributed by atoms with van der Waals surface area (Å²) in [5, 5.41) is 10.0. The Bertz CT molecular complexity index is 1150. The summed E-state index contributed by atoms with van der Waals surface area (Å²) in [7, 11) is 0. The molecule has 2 atom stereocenters. The SMILES string of the molecule is Cc1c(Oc2ccc(CC3COS(=O)OC3)cc2Cl)ncnc1O[C@@H]1CCN(C(=O)O)[C@H](C(C)(C)C)C1. The quantitative estimate of drug-likeness (QED) is 0.529. The summed E-state index contributed by atoms with van der Waals surface area (Å²) in [4.78, 5) is 21.8. The van der Waals surface area contributed by atoms with Crippen molar-refractivity contribution in [3.05, 3.63) is 40.7 Å². The van der Waals surface area contributed by atoms with Crippen molar-refractivity contribution in [2.45, 2.75) is 59.1 Å². The Morgan fingerprint density at radius 1 is 1.24 bits per heavy atom. The van der Waals surface area contributed by atoms with Gasteiger partial charge in [-0.25, -0.2) is 14.8 Å². The number of hydrogen-bond donors (Lipinski definition) is 1. The third-order valence-corrected chi connectivity index (χ3v) is 7.55. The van der Waals surface area contributed by atoms with Crippen LogP contribution in [0.5, 0.6) is 17.5 Å². The number of ether oxygens (including phenoxy) is 2. The number of amides is 1. The molecule has 2 saturated heterocycles. The van der Waals surface area contributed by atoms with Crippen LogP contribution in [0, 0.1) is 18.3 Å². The van der Waals surface area contributed by atoms with Gasteiger partial charge in [-0.1, -0.05) is 38.4 Å². The van der Waals surface area contributed by atoms with Crippen LogP contribution in [0.2, 0.25) is 5.02 Å². The van der Waals surface area contributed by atoms with Crippen molar-refractivity contribution in [2.24, 2.45) is 11.3 Å². The molecule has 1 aromatic heterocycles. The largest absolute Gasteiger partial charge is 0.474 e. The number of hydrogen-bond acceptors (Lipinski definition) is 8. The van der Waals surface area contributed by atoms with Gasteiger partial charge in [0.15, 0.2) is 0 Å². The average molecular weight is 554 g/mol. The second-order valence-electron chi connectivity index (χ2n) is 10.4. The first-order valence-electron chi connectivity index (χ1n) is 12.1. The number of carbonyl (C=O) groups is 1. The summed E-state index contributed by atoms with van der Waals surface area (Å²) in [5.41, 5.74) is 1.38. The Morgan fingerprint density at radius 3 is 2.59 bits per heavy atom. The van der Waals surface area contributed by atoms with Crippen molar-refractivity contribution in [2.75, 3.05) is 19.8 Å². The summed E-state index contributed by atoms with van der Waals surface area (Å²) in [6, 6.07) is 5.33. The molecular formula is C25H32ClN3O7S. The molecule has 37 heavy (non-hydrogen) atoms. The van der Waals surface area contributed by atoms with E-state index in [4.69, 9.17) is 29.4 Å². The van der Waals surface area contributed by atoms with E-state index in [1.807, 2.05) is 39.8 Å². The molecule has 3 heterocycles. The molecule has 2 aromatic rings. The molecule has 2 aliphatic rings. The van der Waals surface area contributed by atoms with Crippen molar-refractivity contribution >= 4 is 29.1 Å². The predicted octanol–water partition coefficient (Wildman–Crippen LogP) is 4.95. The van der Waals surface area contributed by atoms with Crippen LogP contribution in [0.3, 0.4) is 0 Å². The molecule has 0 spiro atoms. The van der Waals surface area contributed by atoms with E-state index in [1.54, 1.807) is 6.07 Å². The smallest absolute Gasteiger partial charge is 0.407 e. The number of benzene rings is 1.